The molecule has 0 spiro atoms. The van der Waals surface area contributed by atoms with Crippen LogP contribution in [0, 0.1) is 5.92 Å². The Kier molecular flexibility index (Phi) is 3.10. The fraction of sp³-hybridized carbons (Fsp3) is 0.632. The maximum absolute atomic E-state index is 13.4. The number of nitrogens with zero attached hydrogens (tertiary/aromatic N) is 2. The minimum Gasteiger partial charge on any atom is -0.333 e. The smallest absolute Gasteiger partial charge is 0.254 e. The van der Waals surface area contributed by atoms with Crippen molar-refractivity contribution in [3.8, 4) is 0 Å². The highest BCUT2D eigenvalue weighted by molar-refractivity contribution is 5.98. The van der Waals surface area contributed by atoms with Gasteiger partial charge in [-0.15, -0.1) is 12.4 Å². The van der Waals surface area contributed by atoms with Gasteiger partial charge >= 0.3 is 0 Å². The number of amides is 1. The fourth-order valence-corrected chi connectivity index (χ4v) is 4.78. The lowest BCUT2D eigenvalue weighted by molar-refractivity contribution is 0.00258. The van der Waals surface area contributed by atoms with Crippen molar-refractivity contribution in [1.82, 2.24) is 9.80 Å². The van der Waals surface area contributed by atoms with E-state index in [1.807, 2.05) is 18.2 Å². The number of rotatable bonds is 1. The van der Waals surface area contributed by atoms with Crippen molar-refractivity contribution in [2.45, 2.75) is 44.0 Å². The second-order valence-corrected chi connectivity index (χ2v) is 7.13. The lowest BCUT2D eigenvalue weighted by Crippen LogP contribution is -2.60. The third-order valence-electron chi connectivity index (χ3n) is 5.93. The Morgan fingerprint density at radius 1 is 1.22 bits per heavy atom. The molecule has 1 aliphatic carbocycles. The van der Waals surface area contributed by atoms with E-state index in [-0.39, 0.29) is 30.2 Å². The Morgan fingerprint density at radius 2 is 2.04 bits per heavy atom. The van der Waals surface area contributed by atoms with E-state index in [2.05, 4.69) is 4.90 Å². The molecule has 2 bridgehead atoms. The summed E-state index contributed by atoms with van der Waals surface area (Å²) in [6, 6.07) is 4.64. The summed E-state index contributed by atoms with van der Waals surface area (Å²) < 4.78 is 27.0. The zero-order valence-corrected chi connectivity index (χ0v) is 14.1. The minimum atomic E-state index is -1.79. The van der Waals surface area contributed by atoms with Crippen LogP contribution in [0.5, 0.6) is 0 Å². The summed E-state index contributed by atoms with van der Waals surface area (Å²) in [6.45, 7) is 0.632. The Hall–Kier alpha value is -1.06. The summed E-state index contributed by atoms with van der Waals surface area (Å²) in [6.07, 6.45) is 4.40. The first-order valence-electron chi connectivity index (χ1n) is 10.1. The van der Waals surface area contributed by atoms with Crippen LogP contribution in [0.1, 0.15) is 57.2 Å². The largest absolute Gasteiger partial charge is 0.333 e. The maximum Gasteiger partial charge on any atom is 0.254 e. The van der Waals surface area contributed by atoms with Crippen LogP contribution in [0.15, 0.2) is 18.2 Å². The van der Waals surface area contributed by atoms with Gasteiger partial charge in [0.1, 0.15) is 0 Å². The highest BCUT2D eigenvalue weighted by Crippen LogP contribution is 2.41. The Balaban J connectivity index is 0.00000168. The fourth-order valence-electron chi connectivity index (χ4n) is 4.78. The van der Waals surface area contributed by atoms with Crippen LogP contribution in [0.4, 0.5) is 0 Å². The summed E-state index contributed by atoms with van der Waals surface area (Å²) in [5.74, 6) is -0.503. The Morgan fingerprint density at radius 3 is 2.78 bits per heavy atom. The van der Waals surface area contributed by atoms with Crippen molar-refractivity contribution < 1.29 is 8.91 Å². The van der Waals surface area contributed by atoms with E-state index in [4.69, 9.17) is 2.74 Å². The quantitative estimate of drug-likeness (QED) is 0.787. The second-order valence-electron chi connectivity index (χ2n) is 7.13. The number of hydrogen-bond acceptors (Lipinski definition) is 2. The molecule has 4 aliphatic heterocycles. The van der Waals surface area contributed by atoms with Gasteiger partial charge in [0, 0.05) is 30.5 Å². The van der Waals surface area contributed by atoms with E-state index in [0.717, 1.165) is 56.3 Å². The first-order valence-corrected chi connectivity index (χ1v) is 8.62. The van der Waals surface area contributed by atoms with E-state index in [9.17, 15) is 6.17 Å². The van der Waals surface area contributed by atoms with Crippen molar-refractivity contribution in [3.05, 3.63) is 34.9 Å². The summed E-state index contributed by atoms with van der Waals surface area (Å²) in [5, 5.41) is 0. The summed E-state index contributed by atoms with van der Waals surface area (Å²) in [7, 11) is 0. The molecule has 0 aromatic heterocycles. The molecule has 0 unspecified atom stereocenters. The topological polar surface area (TPSA) is 23.6 Å². The average molecular weight is 336 g/mol. The molecule has 6 rings (SSSR count). The zero-order chi connectivity index (χ0) is 17.4. The van der Waals surface area contributed by atoms with Crippen molar-refractivity contribution in [1.29, 1.82) is 0 Å². The zero-order valence-electron chi connectivity index (χ0n) is 16.3. The molecule has 4 heteroatoms. The number of aryl methyl sites for hydroxylation is 1. The number of piperidine rings is 3. The van der Waals surface area contributed by atoms with Crippen LogP contribution in [-0.4, -0.2) is 47.9 Å². The monoisotopic (exact) mass is 335 g/mol. The van der Waals surface area contributed by atoms with Crippen LogP contribution in [0.2, 0.25) is 0 Å². The van der Waals surface area contributed by atoms with Crippen molar-refractivity contribution in [2.75, 3.05) is 26.1 Å². The van der Waals surface area contributed by atoms with Gasteiger partial charge in [-0.25, -0.2) is 0 Å². The van der Waals surface area contributed by atoms with E-state index in [1.165, 1.54) is 4.90 Å². The van der Waals surface area contributed by atoms with Crippen molar-refractivity contribution >= 4 is 18.3 Å². The van der Waals surface area contributed by atoms with Crippen LogP contribution in [-0.2, 0) is 6.42 Å². The number of carbonyl (C=O) groups excluding carboxylic acids is 1. The molecular weight excluding hydrogens is 308 g/mol. The number of fused-ring (bicyclic) bond motifs is 3. The predicted octanol–water partition coefficient (Wildman–Crippen LogP) is 3.08. The maximum atomic E-state index is 13.4. The highest BCUT2D eigenvalue weighted by Gasteiger charge is 2.43. The molecule has 0 saturated carbocycles. The normalized spacial score (nSPS) is 42.1. The molecule has 1 aromatic rings. The first-order chi connectivity index (χ1) is 11.9. The molecule has 1 aromatic carbocycles. The first kappa shape index (κ1) is 12.3. The number of hydrogen-bond donors (Lipinski definition) is 0. The number of benzene rings is 1. The molecule has 0 radical (unpaired) electrons. The summed E-state index contributed by atoms with van der Waals surface area (Å²) >= 11 is 0. The third kappa shape index (κ3) is 2.32. The number of carbonyl (C=O) groups is 1. The average Bonchev–Trinajstić information content (AvgIpc) is 2.60. The molecular formula is C19H25ClN2O. The van der Waals surface area contributed by atoms with Crippen LogP contribution >= 0.6 is 12.4 Å². The van der Waals surface area contributed by atoms with Gasteiger partial charge in [0.05, 0.1) is 4.11 Å². The summed E-state index contributed by atoms with van der Waals surface area (Å²) in [5.41, 5.74) is 2.68. The standard InChI is InChI=1S/C19H24N2O.ClH/c22-19-16-6-2-4-14-3-1-5-15(18(14)16)11-21(19)17-12-20-9-7-13(17)8-10-20;/h2,4,6,13,15,17H,1,3,5,7-12H2;1H/t15-,17-;/m0./s1/i11D2,17D;. The molecule has 3 fully saturated rings. The van der Waals surface area contributed by atoms with Crippen molar-refractivity contribution in [2.24, 2.45) is 5.92 Å². The lowest BCUT2D eigenvalue weighted by atomic mass is 9.75. The van der Waals surface area contributed by atoms with Gasteiger partial charge < -0.3 is 9.80 Å². The molecule has 23 heavy (non-hydrogen) atoms. The highest BCUT2D eigenvalue weighted by atomic mass is 35.5. The van der Waals surface area contributed by atoms with Crippen molar-refractivity contribution in [3.63, 3.8) is 0 Å². The molecule has 3 nitrogen and oxygen atoms in total. The van der Waals surface area contributed by atoms with Gasteiger partial charge in [0.2, 0.25) is 0 Å². The Bertz CT molecular complexity index is 750. The van der Waals surface area contributed by atoms with Crippen LogP contribution in [0.3, 0.4) is 0 Å². The molecule has 124 valence electrons. The van der Waals surface area contributed by atoms with Gasteiger partial charge in [-0.05, 0) is 68.3 Å². The molecule has 4 heterocycles. The third-order valence-corrected chi connectivity index (χ3v) is 5.93. The SMILES string of the molecule is Cl.[2H]C1([2H])[C@@H]2CCCc3cccc(c32)C(=O)N1[C@@]1([2H])CN2CCC1CC2. The Labute approximate surface area is 148 Å². The van der Waals surface area contributed by atoms with Gasteiger partial charge in [0.25, 0.3) is 5.91 Å². The van der Waals surface area contributed by atoms with Crippen LogP contribution < -0.4 is 0 Å². The van der Waals surface area contributed by atoms with Gasteiger partial charge in [-0.2, -0.15) is 0 Å². The van der Waals surface area contributed by atoms with E-state index in [1.54, 1.807) is 0 Å². The lowest BCUT2D eigenvalue weighted by Gasteiger charge is -2.51. The van der Waals surface area contributed by atoms with Gasteiger partial charge in [0.15, 0.2) is 0 Å². The van der Waals surface area contributed by atoms with Gasteiger partial charge in [-0.3, -0.25) is 4.79 Å². The minimum absolute atomic E-state index is 0. The second kappa shape index (κ2) is 5.78. The van der Waals surface area contributed by atoms with E-state index < -0.39 is 12.5 Å². The molecule has 1 amide bonds. The predicted molar refractivity (Wildman–Crippen MR) is 93.4 cm³/mol. The summed E-state index contributed by atoms with van der Waals surface area (Å²) in [4.78, 5) is 17.0. The number of halogens is 1. The molecule has 3 saturated heterocycles. The van der Waals surface area contributed by atoms with E-state index >= 15 is 0 Å². The molecule has 0 N–H and O–H groups in total. The van der Waals surface area contributed by atoms with E-state index in [0.29, 0.717) is 12.1 Å². The molecule has 2 atom stereocenters. The van der Waals surface area contributed by atoms with Crippen LogP contribution in [0.25, 0.3) is 0 Å². The molecule has 5 aliphatic rings. The van der Waals surface area contributed by atoms with Gasteiger partial charge in [-0.1, -0.05) is 12.1 Å².